The molecule has 0 radical (unpaired) electrons. The first-order chi connectivity index (χ1) is 15.6. The molecule has 2 heterocycles. The van der Waals surface area contributed by atoms with Gasteiger partial charge in [0.1, 0.15) is 28.9 Å². The van der Waals surface area contributed by atoms with E-state index in [0.29, 0.717) is 24.2 Å². The van der Waals surface area contributed by atoms with Crippen molar-refractivity contribution in [1.82, 2.24) is 9.55 Å². The zero-order chi connectivity index (χ0) is 21.7. The summed E-state index contributed by atoms with van der Waals surface area (Å²) >= 11 is 0. The molecule has 0 saturated heterocycles. The molecular weight excluding hydrogens is 422 g/mol. The first kappa shape index (κ1) is 19.4. The molecule has 0 amide bonds. The summed E-state index contributed by atoms with van der Waals surface area (Å²) in [6.45, 7) is 0.509. The number of fused-ring (bicyclic) bond motifs is 2. The van der Waals surface area contributed by atoms with Gasteiger partial charge in [-0.25, -0.2) is 13.4 Å². The van der Waals surface area contributed by atoms with Crippen LogP contribution in [0.5, 0.6) is 5.75 Å². The average Bonchev–Trinajstić information content (AvgIpc) is 3.44. The first-order valence-corrected chi connectivity index (χ1v) is 12.4. The zero-order valence-electron chi connectivity index (χ0n) is 17.4. The highest BCUT2D eigenvalue weighted by atomic mass is 32.2. The van der Waals surface area contributed by atoms with E-state index in [1.807, 2.05) is 66.7 Å². The minimum atomic E-state index is -3.46. The second kappa shape index (κ2) is 7.38. The summed E-state index contributed by atoms with van der Waals surface area (Å²) in [5, 5.41) is -0.453. The molecule has 4 bridgehead atoms. The van der Waals surface area contributed by atoms with E-state index in [-0.39, 0.29) is 6.04 Å². The van der Waals surface area contributed by atoms with Crippen molar-refractivity contribution in [2.45, 2.75) is 37.2 Å². The molecule has 1 N–H and O–H groups in total. The zero-order valence-corrected chi connectivity index (χ0v) is 18.3. The van der Waals surface area contributed by atoms with Crippen LogP contribution < -0.4 is 9.46 Å². The second-order valence-corrected chi connectivity index (χ2v) is 10.4. The number of aromatic nitrogens is 2. The van der Waals surface area contributed by atoms with Crippen molar-refractivity contribution in [1.29, 1.82) is 0 Å². The molecule has 6 nitrogen and oxygen atoms in total. The number of nitrogens with zero attached hydrogens (tertiary/aromatic N) is 2. The van der Waals surface area contributed by atoms with Gasteiger partial charge in [0.05, 0.1) is 17.2 Å². The third kappa shape index (κ3) is 3.15. The molecule has 0 spiro atoms. The minimum Gasteiger partial charge on any atom is -0.489 e. The fraction of sp³-hybridized carbons (Fsp3) is 0.240. The van der Waals surface area contributed by atoms with Gasteiger partial charge in [-0.3, -0.25) is 4.72 Å². The van der Waals surface area contributed by atoms with Crippen LogP contribution in [0, 0.1) is 0 Å². The molecule has 7 heteroatoms. The van der Waals surface area contributed by atoms with Gasteiger partial charge in [-0.05, 0) is 61.2 Å². The van der Waals surface area contributed by atoms with E-state index in [4.69, 9.17) is 9.72 Å². The van der Waals surface area contributed by atoms with Gasteiger partial charge in [-0.1, -0.05) is 36.4 Å². The lowest BCUT2D eigenvalue weighted by Gasteiger charge is -2.26. The van der Waals surface area contributed by atoms with Crippen molar-refractivity contribution in [2.24, 2.45) is 0 Å². The number of imidazole rings is 1. The van der Waals surface area contributed by atoms with Crippen LogP contribution in [-0.2, 0) is 16.6 Å². The summed E-state index contributed by atoms with van der Waals surface area (Å²) in [6, 6.07) is 23.5. The maximum Gasteiger partial charge on any atom is 0.237 e. The van der Waals surface area contributed by atoms with E-state index in [2.05, 4.69) is 9.29 Å². The Morgan fingerprint density at radius 2 is 1.78 bits per heavy atom. The number of sulfonamides is 1. The second-order valence-electron chi connectivity index (χ2n) is 8.46. The van der Waals surface area contributed by atoms with Crippen molar-refractivity contribution >= 4 is 26.7 Å². The van der Waals surface area contributed by atoms with Gasteiger partial charge < -0.3 is 9.30 Å². The third-order valence-electron chi connectivity index (χ3n) is 6.48. The Hall–Kier alpha value is -3.32. The Morgan fingerprint density at radius 1 is 0.969 bits per heavy atom. The predicted octanol–water partition coefficient (Wildman–Crippen LogP) is 5.13. The lowest BCUT2D eigenvalue weighted by molar-refractivity contribution is 0.306. The smallest absolute Gasteiger partial charge is 0.237 e. The summed E-state index contributed by atoms with van der Waals surface area (Å²) < 4.78 is 37.0. The molecule has 1 aliphatic carbocycles. The number of anilines is 1. The van der Waals surface area contributed by atoms with E-state index >= 15 is 0 Å². The van der Waals surface area contributed by atoms with Crippen LogP contribution in [0.25, 0.3) is 22.4 Å². The Bertz CT molecular complexity index is 1400. The highest BCUT2D eigenvalue weighted by molar-refractivity contribution is 7.93. The van der Waals surface area contributed by atoms with Gasteiger partial charge in [0.25, 0.3) is 0 Å². The normalized spacial score (nSPS) is 21.0. The molecule has 1 saturated carbocycles. The van der Waals surface area contributed by atoms with E-state index in [9.17, 15) is 8.42 Å². The standard InChI is InChI=1S/C25H23N3O3S/c29-32(30)23-11-5-9-21(23)28-22-10-4-8-20(27-32)24(22)26-25(28)18-12-14-19(15-13-18)31-16-17-6-2-1-3-7-17/h1-4,6-8,10,12-15,21,23,27H,5,9,11,16H2. The summed E-state index contributed by atoms with van der Waals surface area (Å²) in [4.78, 5) is 4.91. The average molecular weight is 446 g/mol. The number of nitrogens with one attached hydrogen (secondary N) is 1. The van der Waals surface area contributed by atoms with E-state index in [0.717, 1.165) is 41.1 Å². The maximum absolute atomic E-state index is 13.0. The summed E-state index contributed by atoms with van der Waals surface area (Å²) in [7, 11) is -3.46. The predicted molar refractivity (Wildman–Crippen MR) is 125 cm³/mol. The highest BCUT2D eigenvalue weighted by Crippen LogP contribution is 2.44. The van der Waals surface area contributed by atoms with E-state index < -0.39 is 15.3 Å². The van der Waals surface area contributed by atoms with E-state index in [1.54, 1.807) is 6.07 Å². The molecule has 2 aliphatic rings. The molecule has 1 fully saturated rings. The Balaban J connectivity index is 1.40. The van der Waals surface area contributed by atoms with Crippen molar-refractivity contribution in [3.63, 3.8) is 0 Å². The Kier molecular flexibility index (Phi) is 4.47. The SMILES string of the molecule is O=S1(=O)Nc2cccc3c2nc(-c2ccc(OCc4ccccc4)cc2)n3C2CCCC21. The van der Waals surface area contributed by atoms with Crippen LogP contribution in [0.4, 0.5) is 5.69 Å². The van der Waals surface area contributed by atoms with Crippen LogP contribution in [-0.4, -0.2) is 23.2 Å². The summed E-state index contributed by atoms with van der Waals surface area (Å²) in [5.41, 5.74) is 4.28. The van der Waals surface area contributed by atoms with Gasteiger partial charge in [0, 0.05) is 5.56 Å². The lowest BCUT2D eigenvalue weighted by atomic mass is 10.1. The first-order valence-electron chi connectivity index (χ1n) is 10.9. The molecule has 1 aliphatic heterocycles. The molecule has 2 unspecified atom stereocenters. The molecule has 162 valence electrons. The topological polar surface area (TPSA) is 73.2 Å². The molecule has 1 aromatic heterocycles. The number of hydrogen-bond acceptors (Lipinski definition) is 4. The summed E-state index contributed by atoms with van der Waals surface area (Å²) in [6.07, 6.45) is 2.37. The van der Waals surface area contributed by atoms with Crippen LogP contribution in [0.15, 0.2) is 72.8 Å². The van der Waals surface area contributed by atoms with E-state index in [1.165, 1.54) is 0 Å². The fourth-order valence-electron chi connectivity index (χ4n) is 4.97. The summed E-state index contributed by atoms with van der Waals surface area (Å²) in [5.74, 6) is 1.59. The largest absolute Gasteiger partial charge is 0.489 e. The Labute approximate surface area is 186 Å². The molecule has 3 aromatic carbocycles. The molecular formula is C25H23N3O3S. The third-order valence-corrected chi connectivity index (χ3v) is 8.33. The molecule has 6 rings (SSSR count). The van der Waals surface area contributed by atoms with Crippen molar-refractivity contribution < 1.29 is 13.2 Å². The monoisotopic (exact) mass is 445 g/mol. The molecule has 32 heavy (non-hydrogen) atoms. The molecule has 4 aromatic rings. The maximum atomic E-state index is 13.0. The number of para-hydroxylation sites is 1. The number of hydrogen-bond donors (Lipinski definition) is 1. The van der Waals surface area contributed by atoms with Gasteiger partial charge in [0.2, 0.25) is 10.0 Å². The molecule has 2 atom stereocenters. The van der Waals surface area contributed by atoms with Gasteiger partial charge in [0.15, 0.2) is 0 Å². The number of rotatable bonds is 4. The minimum absolute atomic E-state index is 0.128. The van der Waals surface area contributed by atoms with Crippen molar-refractivity contribution in [3.8, 4) is 17.1 Å². The number of ether oxygens (including phenoxy) is 1. The van der Waals surface area contributed by atoms with Crippen LogP contribution in [0.1, 0.15) is 30.9 Å². The quantitative estimate of drug-likeness (QED) is 0.473. The van der Waals surface area contributed by atoms with Gasteiger partial charge >= 0.3 is 0 Å². The van der Waals surface area contributed by atoms with Gasteiger partial charge in [-0.15, -0.1) is 0 Å². The van der Waals surface area contributed by atoms with Crippen LogP contribution in [0.3, 0.4) is 0 Å². The van der Waals surface area contributed by atoms with Gasteiger partial charge in [-0.2, -0.15) is 0 Å². The highest BCUT2D eigenvalue weighted by Gasteiger charge is 2.42. The van der Waals surface area contributed by atoms with Crippen LogP contribution >= 0.6 is 0 Å². The number of benzene rings is 3. The van der Waals surface area contributed by atoms with Crippen molar-refractivity contribution in [3.05, 3.63) is 78.4 Å². The Morgan fingerprint density at radius 3 is 2.59 bits per heavy atom. The fourth-order valence-corrected chi connectivity index (χ4v) is 6.74. The lowest BCUT2D eigenvalue weighted by Crippen LogP contribution is -2.33. The van der Waals surface area contributed by atoms with Crippen LogP contribution in [0.2, 0.25) is 0 Å². The van der Waals surface area contributed by atoms with Crippen molar-refractivity contribution in [2.75, 3.05) is 4.72 Å².